The molecule has 2 N–H and O–H groups in total. The molecular weight excluding hydrogens is 339 g/mol. The summed E-state index contributed by atoms with van der Waals surface area (Å²) in [6.07, 6.45) is 0. The summed E-state index contributed by atoms with van der Waals surface area (Å²) in [7, 11) is 1.50. The highest BCUT2D eigenvalue weighted by Gasteiger charge is 2.16. The average Bonchev–Trinajstić information content (AvgIpc) is 2.49. The molecule has 6 heteroatoms. The molecule has 0 aliphatic heterocycles. The molecule has 0 unspecified atom stereocenters. The Morgan fingerprint density at radius 2 is 1.67 bits per heavy atom. The Hall–Kier alpha value is -2.21. The molecule has 0 fully saturated rings. The van der Waals surface area contributed by atoms with Crippen LogP contribution in [0.3, 0.4) is 0 Å². The highest BCUT2D eigenvalue weighted by molar-refractivity contribution is 9.10. The second-order valence-corrected chi connectivity index (χ2v) is 4.97. The molecule has 4 nitrogen and oxygen atoms in total. The van der Waals surface area contributed by atoms with Gasteiger partial charge in [0.05, 0.1) is 21.3 Å². The average molecular weight is 351 g/mol. The number of para-hydroxylation sites is 1. The van der Waals surface area contributed by atoms with Gasteiger partial charge in [0.2, 0.25) is 0 Å². The van der Waals surface area contributed by atoms with Gasteiger partial charge in [-0.2, -0.15) is 0 Å². The fourth-order valence-electron chi connectivity index (χ4n) is 1.79. The van der Waals surface area contributed by atoms with Crippen LogP contribution in [0.2, 0.25) is 0 Å². The van der Waals surface area contributed by atoms with Gasteiger partial charge in [-0.1, -0.05) is 18.2 Å². The standard InChI is InChI=1S/C15H12BrFN2O2/c1-18-14(20)9-5-2-3-8-12(9)19-15(21)10-6-4-7-11(17)13(10)16/h2-8H,1H3,(H,18,20)(H,19,21). The molecule has 0 radical (unpaired) electrons. The molecule has 0 saturated heterocycles. The quantitative estimate of drug-likeness (QED) is 0.892. The second-order valence-electron chi connectivity index (χ2n) is 4.18. The summed E-state index contributed by atoms with van der Waals surface area (Å²) in [6.45, 7) is 0. The van der Waals surface area contributed by atoms with E-state index >= 15 is 0 Å². The van der Waals surface area contributed by atoms with Crippen LogP contribution in [-0.4, -0.2) is 18.9 Å². The normalized spacial score (nSPS) is 10.0. The fourth-order valence-corrected chi connectivity index (χ4v) is 2.24. The van der Waals surface area contributed by atoms with E-state index in [1.54, 1.807) is 24.3 Å². The first-order chi connectivity index (χ1) is 10.0. The van der Waals surface area contributed by atoms with Crippen LogP contribution in [0.5, 0.6) is 0 Å². The first-order valence-corrected chi connectivity index (χ1v) is 6.90. The van der Waals surface area contributed by atoms with Gasteiger partial charge in [-0.05, 0) is 40.2 Å². The van der Waals surface area contributed by atoms with E-state index in [1.807, 2.05) is 0 Å². The lowest BCUT2D eigenvalue weighted by Crippen LogP contribution is -2.21. The largest absolute Gasteiger partial charge is 0.355 e. The number of amides is 2. The van der Waals surface area contributed by atoms with Crippen molar-refractivity contribution in [3.8, 4) is 0 Å². The second kappa shape index (κ2) is 6.49. The van der Waals surface area contributed by atoms with Gasteiger partial charge < -0.3 is 10.6 Å². The third-order valence-corrected chi connectivity index (χ3v) is 3.65. The van der Waals surface area contributed by atoms with Gasteiger partial charge in [-0.15, -0.1) is 0 Å². The fraction of sp³-hybridized carbons (Fsp3) is 0.0667. The monoisotopic (exact) mass is 350 g/mol. The zero-order valence-electron chi connectivity index (χ0n) is 11.1. The van der Waals surface area contributed by atoms with Crippen molar-refractivity contribution < 1.29 is 14.0 Å². The van der Waals surface area contributed by atoms with Crippen molar-refractivity contribution in [3.63, 3.8) is 0 Å². The Kier molecular flexibility index (Phi) is 4.70. The van der Waals surface area contributed by atoms with Crippen LogP contribution in [0.15, 0.2) is 46.9 Å². The third kappa shape index (κ3) is 3.28. The van der Waals surface area contributed by atoms with E-state index in [9.17, 15) is 14.0 Å². The first-order valence-electron chi connectivity index (χ1n) is 6.11. The van der Waals surface area contributed by atoms with Crippen LogP contribution < -0.4 is 10.6 Å². The molecule has 0 aromatic heterocycles. The molecule has 2 aromatic rings. The molecule has 108 valence electrons. The zero-order valence-corrected chi connectivity index (χ0v) is 12.7. The van der Waals surface area contributed by atoms with Crippen molar-refractivity contribution in [1.29, 1.82) is 0 Å². The molecule has 0 bridgehead atoms. The molecule has 21 heavy (non-hydrogen) atoms. The number of anilines is 1. The van der Waals surface area contributed by atoms with E-state index in [-0.39, 0.29) is 15.9 Å². The summed E-state index contributed by atoms with van der Waals surface area (Å²) in [5.41, 5.74) is 0.848. The SMILES string of the molecule is CNC(=O)c1ccccc1NC(=O)c1cccc(F)c1Br. The van der Waals surface area contributed by atoms with Crippen LogP contribution in [0.4, 0.5) is 10.1 Å². The number of carbonyl (C=O) groups excluding carboxylic acids is 2. The Labute approximate surface area is 129 Å². The lowest BCUT2D eigenvalue weighted by atomic mass is 10.1. The predicted molar refractivity (Wildman–Crippen MR) is 81.9 cm³/mol. The summed E-state index contributed by atoms with van der Waals surface area (Å²) in [5.74, 6) is -1.34. The maximum atomic E-state index is 13.4. The van der Waals surface area contributed by atoms with Crippen molar-refractivity contribution in [3.05, 3.63) is 63.9 Å². The van der Waals surface area contributed by atoms with Gasteiger partial charge in [-0.25, -0.2) is 4.39 Å². The predicted octanol–water partition coefficient (Wildman–Crippen LogP) is 3.20. The van der Waals surface area contributed by atoms with E-state index in [4.69, 9.17) is 0 Å². The third-order valence-electron chi connectivity index (χ3n) is 2.84. The van der Waals surface area contributed by atoms with Gasteiger partial charge in [0, 0.05) is 7.05 Å². The maximum Gasteiger partial charge on any atom is 0.256 e. The highest BCUT2D eigenvalue weighted by Crippen LogP contribution is 2.22. The summed E-state index contributed by atoms with van der Waals surface area (Å²) in [5, 5.41) is 5.11. The van der Waals surface area contributed by atoms with Gasteiger partial charge >= 0.3 is 0 Å². The van der Waals surface area contributed by atoms with Gasteiger partial charge in [0.15, 0.2) is 0 Å². The van der Waals surface area contributed by atoms with Crippen LogP contribution in [0.1, 0.15) is 20.7 Å². The van der Waals surface area contributed by atoms with Crippen molar-refractivity contribution in [2.45, 2.75) is 0 Å². The Morgan fingerprint density at radius 1 is 1.00 bits per heavy atom. The van der Waals surface area contributed by atoms with Crippen molar-refractivity contribution in [2.75, 3.05) is 12.4 Å². The molecule has 0 aliphatic carbocycles. The van der Waals surface area contributed by atoms with E-state index in [1.165, 1.54) is 25.2 Å². The lowest BCUT2D eigenvalue weighted by molar-refractivity contribution is 0.0964. The highest BCUT2D eigenvalue weighted by atomic mass is 79.9. The number of carbonyl (C=O) groups is 2. The summed E-state index contributed by atoms with van der Waals surface area (Å²) in [4.78, 5) is 24.0. The van der Waals surface area contributed by atoms with E-state index in [0.29, 0.717) is 11.3 Å². The van der Waals surface area contributed by atoms with Crippen molar-refractivity contribution in [1.82, 2.24) is 5.32 Å². The van der Waals surface area contributed by atoms with Gasteiger partial charge in [-0.3, -0.25) is 9.59 Å². The Bertz CT molecular complexity index is 704. The number of halogens is 2. The maximum absolute atomic E-state index is 13.4. The molecule has 2 amide bonds. The minimum atomic E-state index is -0.526. The number of nitrogens with one attached hydrogen (secondary N) is 2. The van der Waals surface area contributed by atoms with Crippen LogP contribution in [0.25, 0.3) is 0 Å². The van der Waals surface area contributed by atoms with E-state index < -0.39 is 11.7 Å². The van der Waals surface area contributed by atoms with Crippen LogP contribution in [0, 0.1) is 5.82 Å². The number of benzene rings is 2. The van der Waals surface area contributed by atoms with Crippen LogP contribution in [-0.2, 0) is 0 Å². The topological polar surface area (TPSA) is 58.2 Å². The molecule has 0 spiro atoms. The summed E-state index contributed by atoms with van der Waals surface area (Å²) in [6, 6.07) is 10.8. The number of hydrogen-bond acceptors (Lipinski definition) is 2. The molecule has 0 aliphatic rings. The molecule has 2 rings (SSSR count). The van der Waals surface area contributed by atoms with Crippen molar-refractivity contribution in [2.24, 2.45) is 0 Å². The van der Waals surface area contributed by atoms with Gasteiger partial charge in [0.25, 0.3) is 11.8 Å². The molecule has 0 heterocycles. The smallest absolute Gasteiger partial charge is 0.256 e. The minimum Gasteiger partial charge on any atom is -0.355 e. The van der Waals surface area contributed by atoms with E-state index in [0.717, 1.165) is 0 Å². The van der Waals surface area contributed by atoms with E-state index in [2.05, 4.69) is 26.6 Å². The first kappa shape index (κ1) is 15.2. The molecular formula is C15H12BrFN2O2. The Balaban J connectivity index is 2.32. The van der Waals surface area contributed by atoms with Crippen LogP contribution >= 0.6 is 15.9 Å². The summed E-state index contributed by atoms with van der Waals surface area (Å²) >= 11 is 3.04. The lowest BCUT2D eigenvalue weighted by Gasteiger charge is -2.11. The molecule has 2 aromatic carbocycles. The number of hydrogen-bond donors (Lipinski definition) is 2. The van der Waals surface area contributed by atoms with Gasteiger partial charge in [0.1, 0.15) is 5.82 Å². The summed E-state index contributed by atoms with van der Waals surface area (Å²) < 4.78 is 13.5. The minimum absolute atomic E-state index is 0.0833. The zero-order chi connectivity index (χ0) is 15.4. The molecule has 0 saturated carbocycles. The van der Waals surface area contributed by atoms with Crippen molar-refractivity contribution >= 4 is 33.4 Å². The number of rotatable bonds is 3. The molecule has 0 atom stereocenters. The Morgan fingerprint density at radius 3 is 2.38 bits per heavy atom.